The van der Waals surface area contributed by atoms with Crippen LogP contribution in [-0.2, 0) is 0 Å². The van der Waals surface area contributed by atoms with Crippen molar-refractivity contribution in [1.29, 1.82) is 0 Å². The standard InChI is InChI=1S/C14H15N5/c1-8-3-4-10(7-9(8)2)12-13(18-19-14(12)15)11-5-6-16-17-11/h3-7H,1-2H3,(H,16,17)(H3,15,18,19). The fourth-order valence-electron chi connectivity index (χ4n) is 2.14. The van der Waals surface area contributed by atoms with Crippen molar-refractivity contribution in [3.63, 3.8) is 0 Å². The Kier molecular flexibility index (Phi) is 2.59. The lowest BCUT2D eigenvalue weighted by atomic mass is 9.99. The lowest BCUT2D eigenvalue weighted by Gasteiger charge is -2.06. The van der Waals surface area contributed by atoms with Crippen LogP contribution < -0.4 is 5.73 Å². The second kappa shape index (κ2) is 4.28. The van der Waals surface area contributed by atoms with E-state index in [0.29, 0.717) is 5.82 Å². The molecule has 1 aromatic carbocycles. The highest BCUT2D eigenvalue weighted by molar-refractivity contribution is 5.86. The van der Waals surface area contributed by atoms with Crippen molar-refractivity contribution in [2.24, 2.45) is 0 Å². The van der Waals surface area contributed by atoms with Crippen LogP contribution >= 0.6 is 0 Å². The first-order chi connectivity index (χ1) is 9.16. The number of aromatic nitrogens is 4. The first-order valence-electron chi connectivity index (χ1n) is 6.08. The van der Waals surface area contributed by atoms with Gasteiger partial charge < -0.3 is 5.73 Å². The Balaban J connectivity index is 2.19. The summed E-state index contributed by atoms with van der Waals surface area (Å²) in [6.07, 6.45) is 1.70. The van der Waals surface area contributed by atoms with Gasteiger partial charge in [-0.1, -0.05) is 18.2 Å². The molecule has 0 saturated heterocycles. The van der Waals surface area contributed by atoms with Gasteiger partial charge in [-0.3, -0.25) is 10.2 Å². The van der Waals surface area contributed by atoms with Crippen LogP contribution in [-0.4, -0.2) is 20.4 Å². The first kappa shape index (κ1) is 11.5. The van der Waals surface area contributed by atoms with Gasteiger partial charge in [-0.15, -0.1) is 0 Å². The van der Waals surface area contributed by atoms with Crippen molar-refractivity contribution in [3.05, 3.63) is 41.6 Å². The highest BCUT2D eigenvalue weighted by atomic mass is 15.2. The maximum Gasteiger partial charge on any atom is 0.153 e. The monoisotopic (exact) mass is 253 g/mol. The topological polar surface area (TPSA) is 83.4 Å². The van der Waals surface area contributed by atoms with E-state index >= 15 is 0 Å². The second-order valence-corrected chi connectivity index (χ2v) is 4.63. The Hall–Kier alpha value is -2.56. The van der Waals surface area contributed by atoms with Gasteiger partial charge in [-0.2, -0.15) is 10.2 Å². The van der Waals surface area contributed by atoms with Gasteiger partial charge in [0.2, 0.25) is 0 Å². The Morgan fingerprint density at radius 1 is 1.05 bits per heavy atom. The number of aromatic amines is 2. The molecule has 0 atom stereocenters. The molecule has 0 radical (unpaired) electrons. The number of aryl methyl sites for hydroxylation is 2. The fraction of sp³-hybridized carbons (Fsp3) is 0.143. The third kappa shape index (κ3) is 1.89. The minimum atomic E-state index is 0.493. The molecule has 5 heteroatoms. The van der Waals surface area contributed by atoms with Gasteiger partial charge in [0.25, 0.3) is 0 Å². The summed E-state index contributed by atoms with van der Waals surface area (Å²) in [4.78, 5) is 0. The molecule has 0 fully saturated rings. The number of nitrogen functional groups attached to an aromatic ring is 1. The minimum absolute atomic E-state index is 0.493. The Labute approximate surface area is 110 Å². The molecule has 0 spiro atoms. The smallest absolute Gasteiger partial charge is 0.153 e. The molecule has 19 heavy (non-hydrogen) atoms. The number of H-pyrrole nitrogens is 2. The number of hydrogen-bond acceptors (Lipinski definition) is 3. The lowest BCUT2D eigenvalue weighted by Crippen LogP contribution is -1.90. The molecule has 96 valence electrons. The predicted octanol–water partition coefficient (Wildman–Crippen LogP) is 2.67. The normalized spacial score (nSPS) is 10.8. The average molecular weight is 253 g/mol. The summed E-state index contributed by atoms with van der Waals surface area (Å²) in [5, 5.41) is 14.0. The highest BCUT2D eigenvalue weighted by Gasteiger charge is 2.15. The Morgan fingerprint density at radius 3 is 2.58 bits per heavy atom. The lowest BCUT2D eigenvalue weighted by molar-refractivity contribution is 1.06. The van der Waals surface area contributed by atoms with Crippen LogP contribution in [0.25, 0.3) is 22.5 Å². The van der Waals surface area contributed by atoms with Crippen molar-refractivity contribution in [1.82, 2.24) is 20.4 Å². The molecule has 0 bridgehead atoms. The number of nitrogens with zero attached hydrogens (tertiary/aromatic N) is 2. The van der Waals surface area contributed by atoms with E-state index in [-0.39, 0.29) is 0 Å². The third-order valence-corrected chi connectivity index (χ3v) is 3.36. The van der Waals surface area contributed by atoms with E-state index in [4.69, 9.17) is 5.73 Å². The quantitative estimate of drug-likeness (QED) is 0.656. The maximum absolute atomic E-state index is 5.99. The number of nitrogens with two attached hydrogens (primary N) is 1. The van der Waals surface area contributed by atoms with Gasteiger partial charge in [0.1, 0.15) is 0 Å². The van der Waals surface area contributed by atoms with Crippen LogP contribution in [0.3, 0.4) is 0 Å². The molecule has 0 amide bonds. The van der Waals surface area contributed by atoms with Crippen molar-refractivity contribution < 1.29 is 0 Å². The van der Waals surface area contributed by atoms with Gasteiger partial charge in [0.15, 0.2) is 5.82 Å². The van der Waals surface area contributed by atoms with Gasteiger partial charge >= 0.3 is 0 Å². The van der Waals surface area contributed by atoms with E-state index < -0.39 is 0 Å². The fourth-order valence-corrected chi connectivity index (χ4v) is 2.14. The largest absolute Gasteiger partial charge is 0.382 e. The van der Waals surface area contributed by atoms with Crippen molar-refractivity contribution >= 4 is 5.82 Å². The van der Waals surface area contributed by atoms with Crippen LogP contribution in [0, 0.1) is 13.8 Å². The molecule has 0 aliphatic heterocycles. The molecule has 2 aromatic heterocycles. The Morgan fingerprint density at radius 2 is 1.89 bits per heavy atom. The molecule has 0 unspecified atom stereocenters. The van der Waals surface area contributed by atoms with Crippen molar-refractivity contribution in [2.45, 2.75) is 13.8 Å². The van der Waals surface area contributed by atoms with Gasteiger partial charge in [-0.25, -0.2) is 0 Å². The van der Waals surface area contributed by atoms with Gasteiger partial charge in [0.05, 0.1) is 17.0 Å². The molecule has 0 saturated carbocycles. The predicted molar refractivity (Wildman–Crippen MR) is 75.5 cm³/mol. The summed E-state index contributed by atoms with van der Waals surface area (Å²) < 4.78 is 0. The molecular weight excluding hydrogens is 238 g/mol. The third-order valence-electron chi connectivity index (χ3n) is 3.36. The van der Waals surface area contributed by atoms with Crippen LogP contribution in [0.1, 0.15) is 11.1 Å². The van der Waals surface area contributed by atoms with E-state index in [1.807, 2.05) is 6.07 Å². The number of benzene rings is 1. The summed E-state index contributed by atoms with van der Waals surface area (Å²) in [5.41, 5.74) is 12.2. The minimum Gasteiger partial charge on any atom is -0.382 e. The summed E-state index contributed by atoms with van der Waals surface area (Å²) in [5.74, 6) is 0.493. The van der Waals surface area contributed by atoms with E-state index in [2.05, 4.69) is 52.4 Å². The molecule has 4 N–H and O–H groups in total. The SMILES string of the molecule is Cc1ccc(-c2c(N)n[nH]c2-c2ccn[nH]2)cc1C. The van der Waals surface area contributed by atoms with Crippen molar-refractivity contribution in [3.8, 4) is 22.5 Å². The summed E-state index contributed by atoms with van der Waals surface area (Å²) in [7, 11) is 0. The molecule has 3 rings (SSSR count). The molecular formula is C14H15N5. The van der Waals surface area contributed by atoms with E-state index in [0.717, 1.165) is 22.5 Å². The maximum atomic E-state index is 5.99. The zero-order valence-electron chi connectivity index (χ0n) is 10.9. The first-order valence-corrected chi connectivity index (χ1v) is 6.08. The van der Waals surface area contributed by atoms with Crippen molar-refractivity contribution in [2.75, 3.05) is 5.73 Å². The van der Waals surface area contributed by atoms with E-state index in [1.165, 1.54) is 11.1 Å². The second-order valence-electron chi connectivity index (χ2n) is 4.63. The zero-order chi connectivity index (χ0) is 13.4. The van der Waals surface area contributed by atoms with E-state index in [9.17, 15) is 0 Å². The van der Waals surface area contributed by atoms with Crippen LogP contribution in [0.2, 0.25) is 0 Å². The molecule has 5 nitrogen and oxygen atoms in total. The summed E-state index contributed by atoms with van der Waals surface area (Å²) in [6, 6.07) is 8.16. The van der Waals surface area contributed by atoms with Gasteiger partial charge in [-0.05, 0) is 36.6 Å². The molecule has 2 heterocycles. The summed E-state index contributed by atoms with van der Waals surface area (Å²) >= 11 is 0. The molecule has 0 aliphatic rings. The van der Waals surface area contributed by atoms with Gasteiger partial charge in [0, 0.05) is 6.20 Å². The molecule has 3 aromatic rings. The van der Waals surface area contributed by atoms with Crippen LogP contribution in [0.4, 0.5) is 5.82 Å². The number of rotatable bonds is 2. The zero-order valence-corrected chi connectivity index (χ0v) is 10.9. The average Bonchev–Trinajstić information content (AvgIpc) is 3.01. The number of nitrogens with one attached hydrogen (secondary N) is 2. The number of anilines is 1. The summed E-state index contributed by atoms with van der Waals surface area (Å²) in [6.45, 7) is 4.18. The van der Waals surface area contributed by atoms with Crippen LogP contribution in [0.5, 0.6) is 0 Å². The molecule has 0 aliphatic carbocycles. The number of hydrogen-bond donors (Lipinski definition) is 3. The van der Waals surface area contributed by atoms with E-state index in [1.54, 1.807) is 6.20 Å². The highest BCUT2D eigenvalue weighted by Crippen LogP contribution is 2.34. The van der Waals surface area contributed by atoms with Crippen LogP contribution in [0.15, 0.2) is 30.5 Å². The Bertz CT molecular complexity index is 710.